The van der Waals surface area contributed by atoms with Crippen molar-refractivity contribution in [3.8, 4) is 0 Å². The lowest BCUT2D eigenvalue weighted by Crippen LogP contribution is -2.03. The number of aliphatic hydroxyl groups excluding tert-OH is 2. The van der Waals surface area contributed by atoms with Crippen molar-refractivity contribution in [1.29, 1.82) is 0 Å². The fourth-order valence-corrected chi connectivity index (χ4v) is 0.199. The second-order valence-electron chi connectivity index (χ2n) is 1.21. The van der Waals surface area contributed by atoms with Crippen LogP contribution in [0.1, 0.15) is 0 Å². The van der Waals surface area contributed by atoms with E-state index in [1.54, 1.807) is 0 Å². The molecular weight excluding hydrogens is 112 g/mol. The van der Waals surface area contributed by atoms with Crippen LogP contribution in [0.2, 0.25) is 0 Å². The van der Waals surface area contributed by atoms with E-state index in [1.165, 1.54) is 0 Å². The summed E-state index contributed by atoms with van der Waals surface area (Å²) in [6.45, 7) is 0. The Balaban J connectivity index is 3.34. The molecule has 0 aliphatic rings. The van der Waals surface area contributed by atoms with Crippen molar-refractivity contribution < 1.29 is 20.4 Å². The molecule has 0 aliphatic heterocycles. The van der Waals surface area contributed by atoms with Crippen molar-refractivity contribution in [2.45, 2.75) is 12.6 Å². The van der Waals surface area contributed by atoms with Crippen molar-refractivity contribution in [3.05, 3.63) is 12.2 Å². The van der Waals surface area contributed by atoms with Gasteiger partial charge in [0.2, 0.25) is 0 Å². The number of rotatable bonds is 2. The first-order valence-electron chi connectivity index (χ1n) is 2.03. The van der Waals surface area contributed by atoms with E-state index >= 15 is 0 Å². The molecule has 0 aromatic rings. The third kappa shape index (κ3) is 5.58. The van der Waals surface area contributed by atoms with Crippen LogP contribution in [0.5, 0.6) is 0 Å². The second kappa shape index (κ2) is 3.57. The van der Waals surface area contributed by atoms with E-state index in [0.717, 1.165) is 12.2 Å². The summed E-state index contributed by atoms with van der Waals surface area (Å²) in [6, 6.07) is 0. The SMILES string of the molecule is OC(O)/C=C\C(O)O. The summed E-state index contributed by atoms with van der Waals surface area (Å²) in [7, 11) is 0. The van der Waals surface area contributed by atoms with Crippen molar-refractivity contribution in [1.82, 2.24) is 0 Å². The van der Waals surface area contributed by atoms with Gasteiger partial charge in [0.15, 0.2) is 12.6 Å². The van der Waals surface area contributed by atoms with E-state index in [-0.39, 0.29) is 0 Å². The molecule has 0 heterocycles. The average Bonchev–Trinajstić information content (AvgIpc) is 1.61. The van der Waals surface area contributed by atoms with Crippen molar-refractivity contribution in [2.24, 2.45) is 0 Å². The Labute approximate surface area is 46.3 Å². The molecule has 0 fully saturated rings. The molecule has 0 aliphatic carbocycles. The monoisotopic (exact) mass is 120 g/mol. The second-order valence-corrected chi connectivity index (χ2v) is 1.21. The summed E-state index contributed by atoms with van der Waals surface area (Å²) in [5.41, 5.74) is 0. The largest absolute Gasteiger partial charge is 0.365 e. The Kier molecular flexibility index (Phi) is 3.38. The standard InChI is InChI=1S/C4H8O4/c5-3(6)1-2-4(7)8/h1-8H/b2-1-. The summed E-state index contributed by atoms with van der Waals surface area (Å²) >= 11 is 0. The van der Waals surface area contributed by atoms with Gasteiger partial charge in [-0.15, -0.1) is 0 Å². The van der Waals surface area contributed by atoms with Gasteiger partial charge in [-0.1, -0.05) is 0 Å². The predicted molar refractivity (Wildman–Crippen MR) is 25.6 cm³/mol. The first-order valence-corrected chi connectivity index (χ1v) is 2.03. The molecule has 0 bridgehead atoms. The van der Waals surface area contributed by atoms with Crippen LogP contribution >= 0.6 is 0 Å². The minimum Gasteiger partial charge on any atom is -0.365 e. The Bertz CT molecular complexity index is 66.1. The Morgan fingerprint density at radius 2 is 1.00 bits per heavy atom. The molecule has 8 heavy (non-hydrogen) atoms. The minimum atomic E-state index is -1.61. The molecule has 0 spiro atoms. The molecule has 0 saturated heterocycles. The van der Waals surface area contributed by atoms with Crippen LogP contribution in [-0.2, 0) is 0 Å². The van der Waals surface area contributed by atoms with Crippen LogP contribution in [0, 0.1) is 0 Å². The van der Waals surface area contributed by atoms with Crippen molar-refractivity contribution in [2.75, 3.05) is 0 Å². The van der Waals surface area contributed by atoms with E-state index in [0.29, 0.717) is 0 Å². The van der Waals surface area contributed by atoms with Crippen LogP contribution in [0.15, 0.2) is 12.2 Å². The van der Waals surface area contributed by atoms with E-state index in [2.05, 4.69) is 0 Å². The van der Waals surface area contributed by atoms with Crippen LogP contribution in [0.3, 0.4) is 0 Å². The van der Waals surface area contributed by atoms with Gasteiger partial charge in [-0.3, -0.25) is 0 Å². The summed E-state index contributed by atoms with van der Waals surface area (Å²) in [5, 5.41) is 32.2. The van der Waals surface area contributed by atoms with Crippen LogP contribution in [0.25, 0.3) is 0 Å². The van der Waals surface area contributed by atoms with E-state index in [1.807, 2.05) is 0 Å². The average molecular weight is 120 g/mol. The molecule has 0 amide bonds. The normalized spacial score (nSPS) is 12.2. The molecule has 0 radical (unpaired) electrons. The molecule has 4 N–H and O–H groups in total. The smallest absolute Gasteiger partial charge is 0.171 e. The summed E-state index contributed by atoms with van der Waals surface area (Å²) in [6.07, 6.45) is -1.52. The predicted octanol–water partition coefficient (Wildman–Crippen LogP) is -1.84. The highest BCUT2D eigenvalue weighted by Gasteiger charge is 1.89. The van der Waals surface area contributed by atoms with Crippen molar-refractivity contribution >= 4 is 0 Å². The summed E-state index contributed by atoms with van der Waals surface area (Å²) in [5.74, 6) is 0. The Morgan fingerprint density at radius 1 is 0.750 bits per heavy atom. The highest BCUT2D eigenvalue weighted by molar-refractivity contribution is 4.84. The lowest BCUT2D eigenvalue weighted by molar-refractivity contribution is -0.0128. The minimum absolute atomic E-state index is 0.852. The zero-order valence-corrected chi connectivity index (χ0v) is 4.10. The molecule has 0 rings (SSSR count). The molecule has 4 nitrogen and oxygen atoms in total. The fraction of sp³-hybridized carbons (Fsp3) is 0.500. The van der Waals surface area contributed by atoms with Gasteiger partial charge in [0, 0.05) is 0 Å². The zero-order valence-electron chi connectivity index (χ0n) is 4.10. The van der Waals surface area contributed by atoms with Gasteiger partial charge in [0.1, 0.15) is 0 Å². The van der Waals surface area contributed by atoms with Gasteiger partial charge < -0.3 is 20.4 Å². The van der Waals surface area contributed by atoms with Gasteiger partial charge in [-0.2, -0.15) is 0 Å². The van der Waals surface area contributed by atoms with Gasteiger partial charge in [0.25, 0.3) is 0 Å². The topological polar surface area (TPSA) is 80.9 Å². The fourth-order valence-electron chi connectivity index (χ4n) is 0.199. The first-order chi connectivity index (χ1) is 3.63. The first kappa shape index (κ1) is 7.58. The molecule has 48 valence electrons. The molecule has 0 unspecified atom stereocenters. The zero-order chi connectivity index (χ0) is 6.57. The third-order valence-corrected chi connectivity index (χ3v) is 0.455. The van der Waals surface area contributed by atoms with E-state index in [4.69, 9.17) is 20.4 Å². The lowest BCUT2D eigenvalue weighted by Gasteiger charge is -1.93. The maximum absolute atomic E-state index is 8.05. The van der Waals surface area contributed by atoms with Gasteiger partial charge in [-0.05, 0) is 12.2 Å². The Morgan fingerprint density at radius 3 is 1.12 bits per heavy atom. The Hall–Kier alpha value is -0.420. The molecule has 0 atom stereocenters. The highest BCUT2D eigenvalue weighted by Crippen LogP contribution is 1.81. The van der Waals surface area contributed by atoms with Crippen LogP contribution < -0.4 is 0 Å². The summed E-state index contributed by atoms with van der Waals surface area (Å²) < 4.78 is 0. The molecular formula is C4H8O4. The van der Waals surface area contributed by atoms with Gasteiger partial charge in [-0.25, -0.2) is 0 Å². The quantitative estimate of drug-likeness (QED) is 0.255. The number of hydrogen-bond acceptors (Lipinski definition) is 4. The maximum atomic E-state index is 8.05. The van der Waals surface area contributed by atoms with Crippen LogP contribution in [-0.4, -0.2) is 33.0 Å². The molecule has 0 aromatic carbocycles. The van der Waals surface area contributed by atoms with Gasteiger partial charge >= 0.3 is 0 Å². The van der Waals surface area contributed by atoms with Crippen LogP contribution in [0.4, 0.5) is 0 Å². The highest BCUT2D eigenvalue weighted by atomic mass is 16.5. The third-order valence-electron chi connectivity index (χ3n) is 0.455. The molecule has 0 aromatic heterocycles. The maximum Gasteiger partial charge on any atom is 0.171 e. The number of hydrogen-bond donors (Lipinski definition) is 4. The van der Waals surface area contributed by atoms with E-state index in [9.17, 15) is 0 Å². The molecule has 0 saturated carbocycles. The lowest BCUT2D eigenvalue weighted by atomic mass is 10.5. The van der Waals surface area contributed by atoms with Crippen molar-refractivity contribution in [3.63, 3.8) is 0 Å². The van der Waals surface area contributed by atoms with Gasteiger partial charge in [0.05, 0.1) is 0 Å². The summed E-state index contributed by atoms with van der Waals surface area (Å²) in [4.78, 5) is 0. The van der Waals surface area contributed by atoms with E-state index < -0.39 is 12.6 Å². The number of aliphatic hydroxyl groups is 4. The molecule has 4 heteroatoms.